The van der Waals surface area contributed by atoms with Crippen LogP contribution in [0.15, 0.2) is 12.3 Å². The number of ether oxygens (including phenoxy) is 1. The number of pyridine rings is 1. The number of anilines is 2. The van der Waals surface area contributed by atoms with Gasteiger partial charge in [-0.3, -0.25) is 4.98 Å². The van der Waals surface area contributed by atoms with Crippen LogP contribution in [-0.2, 0) is 4.74 Å². The van der Waals surface area contributed by atoms with Crippen molar-refractivity contribution < 1.29 is 20.1 Å². The summed E-state index contributed by atoms with van der Waals surface area (Å²) in [4.78, 5) is 18.8. The highest BCUT2D eigenvalue weighted by molar-refractivity contribution is 7.21. The Labute approximate surface area is 207 Å². The van der Waals surface area contributed by atoms with E-state index in [1.807, 2.05) is 19.9 Å². The van der Waals surface area contributed by atoms with Crippen molar-refractivity contribution in [2.45, 2.75) is 69.9 Å². The third kappa shape index (κ3) is 4.58. The molecular weight excluding hydrogens is 468 g/mol. The molecule has 5 N–H and O–H groups in total. The smallest absolute Gasteiger partial charge is 0.225 e. The number of nitrogens with zero attached hydrogens (tertiary/aromatic N) is 4. The Kier molecular flexibility index (Phi) is 6.86. The second-order valence-corrected chi connectivity index (χ2v) is 10.5. The lowest BCUT2D eigenvalue weighted by Crippen LogP contribution is -2.36. The molecule has 6 atom stereocenters. The van der Waals surface area contributed by atoms with Gasteiger partial charge in [-0.2, -0.15) is 4.98 Å². The van der Waals surface area contributed by atoms with Crippen molar-refractivity contribution in [2.75, 3.05) is 24.4 Å². The zero-order chi connectivity index (χ0) is 24.7. The predicted molar refractivity (Wildman–Crippen MR) is 135 cm³/mol. The molecule has 3 heterocycles. The minimum atomic E-state index is -1.03. The van der Waals surface area contributed by atoms with Crippen molar-refractivity contribution in [3.8, 4) is 10.6 Å². The predicted octanol–water partition coefficient (Wildman–Crippen LogP) is 2.26. The maximum Gasteiger partial charge on any atom is 0.225 e. The summed E-state index contributed by atoms with van der Waals surface area (Å²) in [6.45, 7) is 3.66. The van der Waals surface area contributed by atoms with E-state index in [9.17, 15) is 15.3 Å². The van der Waals surface area contributed by atoms with Crippen LogP contribution in [0.4, 0.5) is 11.8 Å². The molecule has 35 heavy (non-hydrogen) atoms. The van der Waals surface area contributed by atoms with Crippen molar-refractivity contribution in [1.82, 2.24) is 19.9 Å². The average molecular weight is 501 g/mol. The summed E-state index contributed by atoms with van der Waals surface area (Å²) >= 11 is 1.54. The van der Waals surface area contributed by atoms with Crippen LogP contribution in [0.2, 0.25) is 0 Å². The number of aryl methyl sites for hydroxylation is 2. The monoisotopic (exact) mass is 500 g/mol. The Morgan fingerprint density at radius 2 is 1.89 bits per heavy atom. The first kappa shape index (κ1) is 24.3. The standard InChI is InChI=1S/C24H32N6O4S/c1-11-18(23-29-19-12(2)25-8-7-17(19)35-23)22(27-15-9-13(10-31)20(32)21(15)33)30-24(26-11)28-14-5-4-6-16(14)34-3/h7-8,13-16,20-21,31-33H,4-6,9-10H2,1-3H3,(H2,26,27,28,30)/t13-,14+,15-,16+,20-,21+/m1/s1. The van der Waals surface area contributed by atoms with Crippen LogP contribution in [0, 0.1) is 19.8 Å². The second kappa shape index (κ2) is 9.90. The van der Waals surface area contributed by atoms with Gasteiger partial charge in [0.1, 0.15) is 22.4 Å². The van der Waals surface area contributed by atoms with Crippen LogP contribution in [0.3, 0.4) is 0 Å². The Morgan fingerprint density at radius 1 is 1.06 bits per heavy atom. The molecule has 5 rings (SSSR count). The first-order valence-electron chi connectivity index (χ1n) is 12.0. The molecule has 0 aromatic carbocycles. The van der Waals surface area contributed by atoms with Crippen molar-refractivity contribution in [2.24, 2.45) is 5.92 Å². The van der Waals surface area contributed by atoms with E-state index in [0.29, 0.717) is 18.2 Å². The van der Waals surface area contributed by atoms with E-state index >= 15 is 0 Å². The third-order valence-electron chi connectivity index (χ3n) is 7.22. The van der Waals surface area contributed by atoms with Gasteiger partial charge in [0.25, 0.3) is 0 Å². The van der Waals surface area contributed by atoms with E-state index in [1.165, 1.54) is 11.3 Å². The van der Waals surface area contributed by atoms with Gasteiger partial charge in [-0.1, -0.05) is 0 Å². The molecule has 2 aliphatic carbocycles. The molecule has 0 aliphatic heterocycles. The van der Waals surface area contributed by atoms with E-state index in [1.54, 1.807) is 13.3 Å². The highest BCUT2D eigenvalue weighted by atomic mass is 32.1. The van der Waals surface area contributed by atoms with Gasteiger partial charge >= 0.3 is 0 Å². The topological polar surface area (TPSA) is 146 Å². The Hall–Kier alpha value is -2.44. The molecule has 2 saturated carbocycles. The number of rotatable bonds is 7. The second-order valence-electron chi connectivity index (χ2n) is 9.48. The van der Waals surface area contributed by atoms with Crippen molar-refractivity contribution in [1.29, 1.82) is 0 Å². The molecule has 2 fully saturated rings. The number of hydrogen-bond acceptors (Lipinski definition) is 11. The minimum Gasteiger partial charge on any atom is -0.396 e. The SMILES string of the molecule is CO[C@H]1CCC[C@@H]1Nc1nc(C)c(-c2nc3c(C)nccc3s2)c(N[C@@H]2C[C@H](CO)[C@@H](O)[C@H]2O)n1. The number of aliphatic hydroxyl groups excluding tert-OH is 3. The Morgan fingerprint density at radius 3 is 2.60 bits per heavy atom. The van der Waals surface area contributed by atoms with Crippen LogP contribution in [-0.4, -0.2) is 79.4 Å². The lowest BCUT2D eigenvalue weighted by Gasteiger charge is -2.23. The minimum absolute atomic E-state index is 0.104. The number of aliphatic hydroxyl groups is 3. The van der Waals surface area contributed by atoms with E-state index in [2.05, 4.69) is 15.6 Å². The van der Waals surface area contributed by atoms with Crippen LogP contribution in [0.25, 0.3) is 20.8 Å². The molecule has 10 nitrogen and oxygen atoms in total. The van der Waals surface area contributed by atoms with Gasteiger partial charge in [0.05, 0.1) is 45.9 Å². The molecule has 3 aromatic heterocycles. The average Bonchev–Trinajstić information content (AvgIpc) is 3.53. The van der Waals surface area contributed by atoms with E-state index in [-0.39, 0.29) is 18.8 Å². The first-order valence-corrected chi connectivity index (χ1v) is 12.8. The van der Waals surface area contributed by atoms with Crippen LogP contribution in [0.5, 0.6) is 0 Å². The largest absolute Gasteiger partial charge is 0.396 e. The molecule has 3 aromatic rings. The van der Waals surface area contributed by atoms with Crippen LogP contribution < -0.4 is 10.6 Å². The molecule has 0 unspecified atom stereocenters. The first-order chi connectivity index (χ1) is 16.9. The number of fused-ring (bicyclic) bond motifs is 1. The number of nitrogens with one attached hydrogen (secondary N) is 2. The molecule has 0 bridgehead atoms. The van der Waals surface area contributed by atoms with Gasteiger partial charge in [-0.25, -0.2) is 9.97 Å². The fourth-order valence-corrected chi connectivity index (χ4v) is 6.36. The highest BCUT2D eigenvalue weighted by Crippen LogP contribution is 2.38. The van der Waals surface area contributed by atoms with Crippen molar-refractivity contribution in [3.63, 3.8) is 0 Å². The van der Waals surface area contributed by atoms with E-state index < -0.39 is 24.2 Å². The van der Waals surface area contributed by atoms with Gasteiger partial charge in [0.2, 0.25) is 5.95 Å². The normalized spacial score (nSPS) is 28.6. The summed E-state index contributed by atoms with van der Waals surface area (Å²) < 4.78 is 6.64. The summed E-state index contributed by atoms with van der Waals surface area (Å²) in [5.74, 6) is 0.614. The van der Waals surface area contributed by atoms with Crippen LogP contribution in [0.1, 0.15) is 37.1 Å². The van der Waals surface area contributed by atoms with Gasteiger partial charge in [-0.15, -0.1) is 11.3 Å². The zero-order valence-electron chi connectivity index (χ0n) is 20.1. The van der Waals surface area contributed by atoms with E-state index in [4.69, 9.17) is 19.7 Å². The Bertz CT molecular complexity index is 1210. The zero-order valence-corrected chi connectivity index (χ0v) is 20.9. The lowest BCUT2D eigenvalue weighted by atomic mass is 10.1. The summed E-state index contributed by atoms with van der Waals surface area (Å²) in [6.07, 6.45) is 3.30. The van der Waals surface area contributed by atoms with Gasteiger partial charge in [0.15, 0.2) is 0 Å². The molecule has 0 spiro atoms. The molecule has 0 amide bonds. The maximum atomic E-state index is 10.6. The van der Waals surface area contributed by atoms with Crippen molar-refractivity contribution in [3.05, 3.63) is 23.7 Å². The molecule has 188 valence electrons. The molecule has 11 heteroatoms. The van der Waals surface area contributed by atoms with Gasteiger partial charge in [0, 0.05) is 25.8 Å². The van der Waals surface area contributed by atoms with Crippen molar-refractivity contribution >= 4 is 33.3 Å². The fourth-order valence-electron chi connectivity index (χ4n) is 5.25. The highest BCUT2D eigenvalue weighted by Gasteiger charge is 2.41. The number of thiazole rings is 1. The number of hydrogen-bond donors (Lipinski definition) is 5. The lowest BCUT2D eigenvalue weighted by molar-refractivity contribution is 0.00446. The summed E-state index contributed by atoms with van der Waals surface area (Å²) in [5, 5.41) is 38.1. The third-order valence-corrected chi connectivity index (χ3v) is 8.26. The summed E-state index contributed by atoms with van der Waals surface area (Å²) in [5.41, 5.74) is 3.18. The number of aromatic nitrogens is 4. The molecular formula is C24H32N6O4S. The quantitative estimate of drug-likeness (QED) is 0.327. The Balaban J connectivity index is 1.55. The fraction of sp³-hybridized carbons (Fsp3) is 0.583. The molecule has 0 saturated heterocycles. The number of methoxy groups -OCH3 is 1. The summed E-state index contributed by atoms with van der Waals surface area (Å²) in [6, 6.07) is 1.59. The van der Waals surface area contributed by atoms with E-state index in [0.717, 1.165) is 51.4 Å². The van der Waals surface area contributed by atoms with Gasteiger partial charge in [-0.05, 0) is 45.6 Å². The molecule has 2 aliphatic rings. The summed E-state index contributed by atoms with van der Waals surface area (Å²) in [7, 11) is 1.72. The maximum absolute atomic E-state index is 10.6. The molecule has 0 radical (unpaired) electrons. The van der Waals surface area contributed by atoms with Crippen LogP contribution >= 0.6 is 11.3 Å². The van der Waals surface area contributed by atoms with Gasteiger partial charge < -0.3 is 30.7 Å².